The van der Waals surface area contributed by atoms with Crippen LogP contribution < -0.4 is 5.73 Å². The van der Waals surface area contributed by atoms with Gasteiger partial charge in [-0.2, -0.15) is 0 Å². The van der Waals surface area contributed by atoms with Crippen molar-refractivity contribution in [1.82, 2.24) is 9.88 Å². The minimum absolute atomic E-state index is 0.143. The average Bonchev–Trinajstić information content (AvgIpc) is 3.33. The predicted octanol–water partition coefficient (Wildman–Crippen LogP) is 3.45. The molecular formula is C20H15F3N4O2. The van der Waals surface area contributed by atoms with Gasteiger partial charge in [0.05, 0.1) is 18.2 Å². The van der Waals surface area contributed by atoms with E-state index in [1.54, 1.807) is 6.07 Å². The Kier molecular flexibility index (Phi) is 4.37. The first-order valence-electron chi connectivity index (χ1n) is 8.55. The summed E-state index contributed by atoms with van der Waals surface area (Å²) >= 11 is 0. The largest absolute Gasteiger partial charge is 0.472 e. The zero-order valence-electron chi connectivity index (χ0n) is 15.1. The molecule has 0 fully saturated rings. The Hall–Kier alpha value is -3.62. The molecule has 2 N–H and O–H groups in total. The van der Waals surface area contributed by atoms with E-state index < -0.39 is 23.7 Å². The molecule has 0 spiro atoms. The highest BCUT2D eigenvalue weighted by Gasteiger charge is 2.52. The summed E-state index contributed by atoms with van der Waals surface area (Å²) in [5.74, 6) is -1.62. The number of carbonyl (C=O) groups excluding carboxylic acids is 1. The Bertz CT molecular complexity index is 1110. The molecule has 2 aromatic heterocycles. The number of nitrogens with two attached hydrogens (primary N) is 1. The predicted molar refractivity (Wildman–Crippen MR) is 98.5 cm³/mol. The van der Waals surface area contributed by atoms with Crippen molar-refractivity contribution in [2.24, 2.45) is 10.7 Å². The van der Waals surface area contributed by atoms with Crippen molar-refractivity contribution in [3.05, 3.63) is 77.8 Å². The van der Waals surface area contributed by atoms with Crippen molar-refractivity contribution in [2.45, 2.75) is 12.0 Å². The number of halogens is 3. The highest BCUT2D eigenvalue weighted by atomic mass is 19.3. The number of nitrogens with zero attached hydrogens (tertiary/aromatic N) is 3. The smallest absolute Gasteiger partial charge is 0.268 e. The number of amides is 1. The van der Waals surface area contributed by atoms with E-state index in [2.05, 4.69) is 9.98 Å². The van der Waals surface area contributed by atoms with Gasteiger partial charge in [0.2, 0.25) is 5.54 Å². The lowest BCUT2D eigenvalue weighted by molar-refractivity contribution is -0.129. The third-order valence-corrected chi connectivity index (χ3v) is 4.86. The van der Waals surface area contributed by atoms with E-state index in [0.717, 1.165) is 23.2 Å². The SMILES string of the molecule is CN1C(=O)C(c2cc(C(F)F)ccn2)(c2cc(-c3ccoc3)ccc2F)N=C1N. The fourth-order valence-corrected chi connectivity index (χ4v) is 3.31. The molecule has 0 radical (unpaired) electrons. The van der Waals surface area contributed by atoms with Gasteiger partial charge in [-0.05, 0) is 35.9 Å². The monoisotopic (exact) mass is 400 g/mol. The first-order chi connectivity index (χ1) is 13.8. The molecule has 148 valence electrons. The molecule has 1 atom stereocenters. The van der Waals surface area contributed by atoms with Crippen molar-refractivity contribution in [3.8, 4) is 11.1 Å². The van der Waals surface area contributed by atoms with Gasteiger partial charge in [-0.25, -0.2) is 18.2 Å². The Morgan fingerprint density at radius 1 is 1.17 bits per heavy atom. The number of guanidine groups is 1. The molecule has 1 aliphatic heterocycles. The lowest BCUT2D eigenvalue weighted by atomic mass is 9.84. The van der Waals surface area contributed by atoms with Crippen LogP contribution in [0.3, 0.4) is 0 Å². The number of furan rings is 1. The van der Waals surface area contributed by atoms with Gasteiger partial charge in [0.25, 0.3) is 12.3 Å². The number of likely N-dealkylation sites (N-methyl/N-ethyl adjacent to an activating group) is 1. The lowest BCUT2D eigenvalue weighted by Crippen LogP contribution is -2.42. The standard InChI is InChI=1S/C20H15F3N4O2/c1-27-18(28)20(26-19(27)24,16-9-12(17(22)23)4-6-25-16)14-8-11(2-3-15(14)21)13-5-7-29-10-13/h2-10,17H,1H3,(H2,24,26). The number of rotatable bonds is 4. The lowest BCUT2D eigenvalue weighted by Gasteiger charge is -2.26. The van der Waals surface area contributed by atoms with Gasteiger partial charge in [-0.3, -0.25) is 14.7 Å². The van der Waals surface area contributed by atoms with Crippen LogP contribution in [-0.2, 0) is 10.3 Å². The van der Waals surface area contributed by atoms with E-state index in [4.69, 9.17) is 10.2 Å². The molecule has 3 heterocycles. The third kappa shape index (κ3) is 2.86. The topological polar surface area (TPSA) is 84.7 Å². The van der Waals surface area contributed by atoms with Crippen molar-refractivity contribution < 1.29 is 22.4 Å². The minimum atomic E-state index is -2.80. The molecule has 4 rings (SSSR count). The first-order valence-corrected chi connectivity index (χ1v) is 8.55. The van der Waals surface area contributed by atoms with E-state index in [-0.39, 0.29) is 22.8 Å². The summed E-state index contributed by atoms with van der Waals surface area (Å²) in [5, 5.41) is 0. The number of aromatic nitrogens is 1. The molecule has 1 amide bonds. The fourth-order valence-electron chi connectivity index (χ4n) is 3.31. The Morgan fingerprint density at radius 3 is 2.59 bits per heavy atom. The average molecular weight is 400 g/mol. The first kappa shape index (κ1) is 18.7. The molecule has 0 aliphatic carbocycles. The zero-order valence-corrected chi connectivity index (χ0v) is 15.1. The summed E-state index contributed by atoms with van der Waals surface area (Å²) in [5.41, 5.74) is 4.36. The number of pyridine rings is 1. The van der Waals surface area contributed by atoms with Gasteiger partial charge in [0.1, 0.15) is 5.82 Å². The number of hydrogen-bond acceptors (Lipinski definition) is 5. The maximum absolute atomic E-state index is 15.0. The van der Waals surface area contributed by atoms with Gasteiger partial charge in [0, 0.05) is 29.9 Å². The van der Waals surface area contributed by atoms with Crippen LogP contribution in [0.5, 0.6) is 0 Å². The second kappa shape index (κ2) is 6.77. The second-order valence-corrected chi connectivity index (χ2v) is 6.53. The molecule has 0 saturated heterocycles. The number of hydrogen-bond donors (Lipinski definition) is 1. The van der Waals surface area contributed by atoms with Gasteiger partial charge < -0.3 is 10.2 Å². The van der Waals surface area contributed by atoms with Crippen LogP contribution in [0.1, 0.15) is 23.2 Å². The number of aliphatic imine (C=N–C) groups is 1. The molecule has 1 aromatic carbocycles. The maximum atomic E-state index is 15.0. The van der Waals surface area contributed by atoms with Crippen LogP contribution in [-0.4, -0.2) is 28.8 Å². The van der Waals surface area contributed by atoms with Crippen LogP contribution in [0.25, 0.3) is 11.1 Å². The quantitative estimate of drug-likeness (QED) is 0.727. The van der Waals surface area contributed by atoms with Crippen LogP contribution in [0.4, 0.5) is 13.2 Å². The van der Waals surface area contributed by atoms with Crippen molar-refractivity contribution in [2.75, 3.05) is 7.05 Å². The molecule has 0 bridgehead atoms. The highest BCUT2D eigenvalue weighted by Crippen LogP contribution is 2.41. The van der Waals surface area contributed by atoms with E-state index in [0.29, 0.717) is 11.1 Å². The summed E-state index contributed by atoms with van der Waals surface area (Å²) in [6, 6.07) is 7.94. The second-order valence-electron chi connectivity index (χ2n) is 6.53. The molecule has 9 heteroatoms. The zero-order chi connectivity index (χ0) is 20.8. The van der Waals surface area contributed by atoms with E-state index in [9.17, 15) is 13.6 Å². The van der Waals surface area contributed by atoms with Crippen LogP contribution in [0.15, 0.2) is 64.5 Å². The van der Waals surface area contributed by atoms with Crippen molar-refractivity contribution in [3.63, 3.8) is 0 Å². The molecule has 3 aromatic rings. The summed E-state index contributed by atoms with van der Waals surface area (Å²) in [6.07, 6.45) is 1.24. The van der Waals surface area contributed by atoms with Crippen LogP contribution in [0, 0.1) is 5.82 Å². The Labute approximate surface area is 163 Å². The molecule has 1 aliphatic rings. The summed E-state index contributed by atoms with van der Waals surface area (Å²) in [6.45, 7) is 0. The maximum Gasteiger partial charge on any atom is 0.268 e. The number of benzene rings is 1. The Balaban J connectivity index is 2.00. The van der Waals surface area contributed by atoms with Gasteiger partial charge in [0.15, 0.2) is 5.96 Å². The molecule has 0 saturated carbocycles. The van der Waals surface area contributed by atoms with E-state index in [1.807, 2.05) is 0 Å². The highest BCUT2D eigenvalue weighted by molar-refractivity contribution is 6.08. The molecule has 1 unspecified atom stereocenters. The molecular weight excluding hydrogens is 385 g/mol. The van der Waals surface area contributed by atoms with E-state index in [1.165, 1.54) is 37.8 Å². The van der Waals surface area contributed by atoms with Crippen LogP contribution in [0.2, 0.25) is 0 Å². The molecule has 6 nitrogen and oxygen atoms in total. The van der Waals surface area contributed by atoms with Crippen molar-refractivity contribution >= 4 is 11.9 Å². The van der Waals surface area contributed by atoms with Gasteiger partial charge >= 0.3 is 0 Å². The minimum Gasteiger partial charge on any atom is -0.472 e. The van der Waals surface area contributed by atoms with Gasteiger partial charge in [-0.15, -0.1) is 0 Å². The van der Waals surface area contributed by atoms with Gasteiger partial charge in [-0.1, -0.05) is 6.07 Å². The molecule has 29 heavy (non-hydrogen) atoms. The van der Waals surface area contributed by atoms with Crippen molar-refractivity contribution in [1.29, 1.82) is 0 Å². The number of carbonyl (C=O) groups is 1. The summed E-state index contributed by atoms with van der Waals surface area (Å²) in [7, 11) is 1.37. The van der Waals surface area contributed by atoms with Crippen LogP contribution >= 0.6 is 0 Å². The number of alkyl halides is 2. The fraction of sp³-hybridized carbons (Fsp3) is 0.150. The summed E-state index contributed by atoms with van der Waals surface area (Å²) in [4.78, 5) is 22.5. The summed E-state index contributed by atoms with van der Waals surface area (Å²) < 4.78 is 46.6. The van der Waals surface area contributed by atoms with E-state index >= 15 is 4.39 Å². The normalized spacial score (nSPS) is 19.1. The third-order valence-electron chi connectivity index (χ3n) is 4.86. The Morgan fingerprint density at radius 2 is 1.97 bits per heavy atom.